The molecule has 21 heavy (non-hydrogen) atoms. The normalized spacial score (nSPS) is 17.9. The van der Waals surface area contributed by atoms with Crippen molar-refractivity contribution in [1.82, 2.24) is 4.72 Å². The van der Waals surface area contributed by atoms with Gasteiger partial charge in [-0.2, -0.15) is 8.42 Å². The quantitative estimate of drug-likeness (QED) is 0.886. The van der Waals surface area contributed by atoms with Crippen LogP contribution in [0, 0.1) is 5.41 Å². The van der Waals surface area contributed by atoms with Gasteiger partial charge in [0, 0.05) is 0 Å². The summed E-state index contributed by atoms with van der Waals surface area (Å²) in [6.45, 7) is 6.09. The van der Waals surface area contributed by atoms with Crippen molar-refractivity contribution in [1.29, 1.82) is 0 Å². The summed E-state index contributed by atoms with van der Waals surface area (Å²) in [5.74, 6) is -0.743. The number of hydrogen-bond acceptors (Lipinski definition) is 4. The van der Waals surface area contributed by atoms with Gasteiger partial charge in [0.05, 0.1) is 5.69 Å². The Morgan fingerprint density at radius 2 is 2.00 bits per heavy atom. The van der Waals surface area contributed by atoms with Gasteiger partial charge >= 0.3 is 10.2 Å². The van der Waals surface area contributed by atoms with Gasteiger partial charge in [0.2, 0.25) is 0 Å². The number of amides is 1. The highest BCUT2D eigenvalue weighted by Gasteiger charge is 2.35. The standard InChI is InChI=1S/C14H20N2O4S/c1-14(2,3)7-6-10-4-5-11(12(17)8-10)16-9-13(18)15-21(16,19)20/h4-5,8,17H,6-7,9H2,1-3H3,(H,15,18). The Labute approximate surface area is 125 Å². The second kappa shape index (κ2) is 5.22. The topological polar surface area (TPSA) is 86.7 Å². The van der Waals surface area contributed by atoms with E-state index in [2.05, 4.69) is 20.8 Å². The van der Waals surface area contributed by atoms with E-state index in [1.165, 1.54) is 6.07 Å². The average molecular weight is 312 g/mol. The molecule has 1 saturated heterocycles. The summed E-state index contributed by atoms with van der Waals surface area (Å²) in [5, 5.41) is 10.1. The molecule has 0 radical (unpaired) electrons. The molecule has 0 atom stereocenters. The highest BCUT2D eigenvalue weighted by atomic mass is 32.2. The van der Waals surface area contributed by atoms with Crippen LogP contribution in [-0.4, -0.2) is 26.0 Å². The minimum Gasteiger partial charge on any atom is -0.506 e. The van der Waals surface area contributed by atoms with Crippen LogP contribution >= 0.6 is 0 Å². The number of carbonyl (C=O) groups excluding carboxylic acids is 1. The van der Waals surface area contributed by atoms with Crippen molar-refractivity contribution in [3.8, 4) is 5.75 Å². The highest BCUT2D eigenvalue weighted by molar-refractivity contribution is 7.92. The highest BCUT2D eigenvalue weighted by Crippen LogP contribution is 2.32. The Kier molecular flexibility index (Phi) is 3.88. The van der Waals surface area contributed by atoms with Crippen molar-refractivity contribution in [3.63, 3.8) is 0 Å². The number of rotatable bonds is 3. The van der Waals surface area contributed by atoms with Crippen LogP contribution in [0.15, 0.2) is 18.2 Å². The van der Waals surface area contributed by atoms with Crippen LogP contribution in [0.2, 0.25) is 0 Å². The number of aryl methyl sites for hydroxylation is 1. The number of hydrogen-bond donors (Lipinski definition) is 2. The summed E-state index contributed by atoms with van der Waals surface area (Å²) in [6, 6.07) is 4.86. The van der Waals surface area contributed by atoms with E-state index in [-0.39, 0.29) is 23.4 Å². The SMILES string of the molecule is CC(C)(C)CCc1ccc(N2CC(=O)NS2(=O)=O)c(O)c1. The monoisotopic (exact) mass is 312 g/mol. The molecule has 2 N–H and O–H groups in total. The zero-order valence-corrected chi connectivity index (χ0v) is 13.2. The largest absolute Gasteiger partial charge is 0.506 e. The molecular formula is C14H20N2O4S. The molecule has 6 nitrogen and oxygen atoms in total. The number of phenols is 1. The van der Waals surface area contributed by atoms with E-state index >= 15 is 0 Å². The van der Waals surface area contributed by atoms with E-state index in [1.54, 1.807) is 12.1 Å². The molecule has 1 aliphatic heterocycles. The number of phenolic OH excluding ortho intramolecular Hbond substituents is 1. The lowest BCUT2D eigenvalue weighted by atomic mass is 9.88. The predicted octanol–water partition coefficient (Wildman–Crippen LogP) is 1.55. The van der Waals surface area contributed by atoms with Gasteiger partial charge in [0.1, 0.15) is 12.3 Å². The summed E-state index contributed by atoms with van der Waals surface area (Å²) >= 11 is 0. The van der Waals surface area contributed by atoms with Crippen LogP contribution in [0.5, 0.6) is 5.75 Å². The van der Waals surface area contributed by atoms with Gasteiger partial charge in [-0.1, -0.05) is 26.8 Å². The number of benzene rings is 1. The van der Waals surface area contributed by atoms with Gasteiger partial charge in [-0.25, -0.2) is 9.03 Å². The van der Waals surface area contributed by atoms with Crippen LogP contribution in [0.3, 0.4) is 0 Å². The van der Waals surface area contributed by atoms with Gasteiger partial charge in [-0.15, -0.1) is 0 Å². The second-order valence-corrected chi connectivity index (χ2v) is 8.02. The first-order valence-corrected chi connectivity index (χ1v) is 8.18. The zero-order valence-electron chi connectivity index (χ0n) is 12.4. The second-order valence-electron chi connectivity index (χ2n) is 6.42. The van der Waals surface area contributed by atoms with Gasteiger partial charge in [0.25, 0.3) is 5.91 Å². The number of nitrogens with zero attached hydrogens (tertiary/aromatic N) is 1. The molecule has 1 heterocycles. The van der Waals surface area contributed by atoms with Crippen molar-refractivity contribution in [2.24, 2.45) is 5.41 Å². The molecule has 1 amide bonds. The van der Waals surface area contributed by atoms with E-state index in [0.29, 0.717) is 0 Å². The van der Waals surface area contributed by atoms with Crippen LogP contribution < -0.4 is 9.03 Å². The van der Waals surface area contributed by atoms with Crippen LogP contribution in [-0.2, 0) is 21.4 Å². The summed E-state index contributed by atoms with van der Waals surface area (Å²) in [7, 11) is -3.89. The van der Waals surface area contributed by atoms with Gasteiger partial charge in [-0.3, -0.25) is 4.79 Å². The molecule has 1 aromatic rings. The molecule has 0 unspecified atom stereocenters. The Hall–Kier alpha value is -1.76. The molecule has 0 bridgehead atoms. The van der Waals surface area contributed by atoms with E-state index < -0.39 is 16.1 Å². The number of carbonyl (C=O) groups is 1. The molecule has 0 aliphatic carbocycles. The van der Waals surface area contributed by atoms with Crippen molar-refractivity contribution < 1.29 is 18.3 Å². The molecule has 7 heteroatoms. The van der Waals surface area contributed by atoms with E-state index in [4.69, 9.17) is 0 Å². The Balaban J connectivity index is 2.22. The molecule has 0 spiro atoms. The maximum atomic E-state index is 11.7. The summed E-state index contributed by atoms with van der Waals surface area (Å²) < 4.78 is 26.2. The Morgan fingerprint density at radius 1 is 1.33 bits per heavy atom. The van der Waals surface area contributed by atoms with Crippen LogP contribution in [0.1, 0.15) is 32.8 Å². The van der Waals surface area contributed by atoms with Crippen LogP contribution in [0.25, 0.3) is 0 Å². The fourth-order valence-corrected chi connectivity index (χ4v) is 3.28. The minimum absolute atomic E-state index is 0.118. The first kappa shape index (κ1) is 15.6. The van der Waals surface area contributed by atoms with E-state index in [9.17, 15) is 18.3 Å². The molecule has 0 aromatic heterocycles. The van der Waals surface area contributed by atoms with E-state index in [0.717, 1.165) is 22.7 Å². The number of aromatic hydroxyl groups is 1. The molecule has 0 saturated carbocycles. The smallest absolute Gasteiger partial charge is 0.326 e. The first-order valence-electron chi connectivity index (χ1n) is 6.74. The molecule has 2 rings (SSSR count). The third-order valence-corrected chi connectivity index (χ3v) is 4.68. The number of nitrogens with one attached hydrogen (secondary N) is 1. The summed E-state index contributed by atoms with van der Waals surface area (Å²) in [4.78, 5) is 11.2. The van der Waals surface area contributed by atoms with Gasteiger partial charge < -0.3 is 5.11 Å². The molecule has 1 fully saturated rings. The van der Waals surface area contributed by atoms with Crippen LogP contribution in [0.4, 0.5) is 5.69 Å². The lowest BCUT2D eigenvalue weighted by Crippen LogP contribution is -2.29. The maximum Gasteiger partial charge on any atom is 0.326 e. The zero-order chi connectivity index (χ0) is 15.8. The van der Waals surface area contributed by atoms with Crippen molar-refractivity contribution >= 4 is 21.8 Å². The lowest BCUT2D eigenvalue weighted by Gasteiger charge is -2.19. The fraction of sp³-hybridized carbons (Fsp3) is 0.500. The fourth-order valence-electron chi connectivity index (χ4n) is 2.12. The maximum absolute atomic E-state index is 11.7. The van der Waals surface area contributed by atoms with E-state index in [1.807, 2.05) is 4.72 Å². The van der Waals surface area contributed by atoms with Crippen molar-refractivity contribution in [3.05, 3.63) is 23.8 Å². The van der Waals surface area contributed by atoms with Gasteiger partial charge in [-0.05, 0) is 36.0 Å². The lowest BCUT2D eigenvalue weighted by molar-refractivity contribution is -0.117. The molecule has 116 valence electrons. The molecule has 1 aromatic carbocycles. The van der Waals surface area contributed by atoms with Crippen molar-refractivity contribution in [2.75, 3.05) is 10.8 Å². The third kappa shape index (κ3) is 3.66. The average Bonchev–Trinajstić information content (AvgIpc) is 2.59. The molecular weight excluding hydrogens is 292 g/mol. The predicted molar refractivity (Wildman–Crippen MR) is 80.3 cm³/mol. The minimum atomic E-state index is -3.89. The first-order chi connectivity index (χ1) is 9.58. The summed E-state index contributed by atoms with van der Waals surface area (Å²) in [6.07, 6.45) is 1.75. The van der Waals surface area contributed by atoms with Crippen molar-refractivity contribution in [2.45, 2.75) is 33.6 Å². The molecule has 1 aliphatic rings. The summed E-state index contributed by atoms with van der Waals surface area (Å²) in [5.41, 5.74) is 1.23. The number of anilines is 1. The Morgan fingerprint density at radius 3 is 2.48 bits per heavy atom. The Bertz CT molecular complexity index is 662. The van der Waals surface area contributed by atoms with Gasteiger partial charge in [0.15, 0.2) is 0 Å². The third-order valence-electron chi connectivity index (χ3n) is 3.29.